The SMILES string of the molecule is O=S(=O)([N-]S(=O)(=O)C(F)(F)COCC1CO1)Oc1ccc([S+](C2CCCCC2)C2CCCCC2)c2ccccc12. The van der Waals surface area contributed by atoms with Crippen molar-refractivity contribution >= 4 is 42.0 Å². The van der Waals surface area contributed by atoms with E-state index in [0.717, 1.165) is 10.3 Å². The summed E-state index contributed by atoms with van der Waals surface area (Å²) in [4.78, 5) is 1.16. The molecule has 2 saturated carbocycles. The Hall–Kier alpha value is -1.51. The lowest BCUT2D eigenvalue weighted by Gasteiger charge is -2.31. The molecule has 1 heterocycles. The number of ether oxygens (including phenoxy) is 2. The Morgan fingerprint density at radius 1 is 0.875 bits per heavy atom. The molecular formula is C27H35F2NO7S3. The first-order valence-electron chi connectivity index (χ1n) is 13.8. The Labute approximate surface area is 237 Å². The molecule has 13 heteroatoms. The van der Waals surface area contributed by atoms with E-state index in [-0.39, 0.29) is 29.4 Å². The van der Waals surface area contributed by atoms with Crippen molar-refractivity contribution in [2.75, 3.05) is 19.8 Å². The maximum Gasteiger partial charge on any atom is 0.352 e. The largest absolute Gasteiger partial charge is 0.396 e. The van der Waals surface area contributed by atoms with E-state index >= 15 is 0 Å². The van der Waals surface area contributed by atoms with Crippen LogP contribution in [0.2, 0.25) is 0 Å². The van der Waals surface area contributed by atoms with Gasteiger partial charge in [0.15, 0.2) is 14.9 Å². The molecule has 3 fully saturated rings. The predicted octanol–water partition coefficient (Wildman–Crippen LogP) is 5.82. The topological polar surface area (TPSA) is 113 Å². The van der Waals surface area contributed by atoms with Crippen molar-refractivity contribution in [3.8, 4) is 5.75 Å². The monoisotopic (exact) mass is 619 g/mol. The van der Waals surface area contributed by atoms with Crippen LogP contribution >= 0.6 is 0 Å². The van der Waals surface area contributed by atoms with Crippen LogP contribution in [-0.4, -0.2) is 58.5 Å². The third-order valence-electron chi connectivity index (χ3n) is 7.66. The van der Waals surface area contributed by atoms with E-state index < -0.39 is 32.2 Å². The quantitative estimate of drug-likeness (QED) is 0.217. The molecule has 2 aliphatic carbocycles. The van der Waals surface area contributed by atoms with Gasteiger partial charge in [0.25, 0.3) is 0 Å². The van der Waals surface area contributed by atoms with E-state index in [4.69, 9.17) is 8.92 Å². The zero-order valence-corrected chi connectivity index (χ0v) is 24.6. The van der Waals surface area contributed by atoms with Gasteiger partial charge >= 0.3 is 5.25 Å². The number of epoxide rings is 1. The van der Waals surface area contributed by atoms with E-state index in [1.807, 2.05) is 18.2 Å². The summed E-state index contributed by atoms with van der Waals surface area (Å²) in [7, 11) is -11.1. The summed E-state index contributed by atoms with van der Waals surface area (Å²) >= 11 is 0. The molecule has 0 bridgehead atoms. The zero-order chi connectivity index (χ0) is 28.4. The summed E-state index contributed by atoms with van der Waals surface area (Å²) in [6.45, 7) is -1.44. The zero-order valence-electron chi connectivity index (χ0n) is 22.2. The van der Waals surface area contributed by atoms with Crippen LogP contribution in [0.4, 0.5) is 8.78 Å². The van der Waals surface area contributed by atoms with Gasteiger partial charge in [-0.1, -0.05) is 31.0 Å². The number of rotatable bonds is 12. The number of alkyl halides is 2. The van der Waals surface area contributed by atoms with Crippen molar-refractivity contribution in [1.82, 2.24) is 0 Å². The van der Waals surface area contributed by atoms with Crippen LogP contribution in [-0.2, 0) is 40.7 Å². The Bertz CT molecular complexity index is 1370. The maximum atomic E-state index is 14.3. The van der Waals surface area contributed by atoms with Crippen LogP contribution in [0.15, 0.2) is 41.3 Å². The normalized spacial score (nSPS) is 21.6. The molecule has 2 aromatic carbocycles. The molecule has 0 spiro atoms. The minimum absolute atomic E-state index is 0.0431. The summed E-state index contributed by atoms with van der Waals surface area (Å²) in [5, 5.41) is -2.13. The molecule has 222 valence electrons. The van der Waals surface area contributed by atoms with Crippen molar-refractivity contribution in [1.29, 1.82) is 0 Å². The predicted molar refractivity (Wildman–Crippen MR) is 151 cm³/mol. The number of hydrogen-bond acceptors (Lipinski definition) is 7. The first kappa shape index (κ1) is 30.0. The van der Waals surface area contributed by atoms with Crippen LogP contribution in [0, 0.1) is 0 Å². The second kappa shape index (κ2) is 12.4. The number of nitrogens with zero attached hydrogens (tertiary/aromatic N) is 1. The molecule has 1 saturated heterocycles. The van der Waals surface area contributed by atoms with Crippen LogP contribution in [0.25, 0.3) is 14.9 Å². The summed E-state index contributed by atoms with van der Waals surface area (Å²) in [6, 6.07) is 10.6. The van der Waals surface area contributed by atoms with Crippen LogP contribution in [0.3, 0.4) is 0 Å². The highest BCUT2D eigenvalue weighted by molar-refractivity contribution is 8.10. The molecule has 0 amide bonds. The van der Waals surface area contributed by atoms with E-state index in [9.17, 15) is 25.6 Å². The highest BCUT2D eigenvalue weighted by Crippen LogP contribution is 2.43. The third-order valence-corrected chi connectivity index (χ3v) is 13.7. The Balaban J connectivity index is 1.40. The van der Waals surface area contributed by atoms with Crippen molar-refractivity contribution in [2.24, 2.45) is 0 Å². The van der Waals surface area contributed by atoms with Crippen LogP contribution in [0.5, 0.6) is 5.75 Å². The fraction of sp³-hybridized carbons (Fsp3) is 0.630. The van der Waals surface area contributed by atoms with Crippen LogP contribution < -0.4 is 4.18 Å². The van der Waals surface area contributed by atoms with Crippen molar-refractivity contribution in [3.05, 3.63) is 40.5 Å². The molecule has 3 aliphatic rings. The van der Waals surface area contributed by atoms with Gasteiger partial charge in [0.2, 0.25) is 10.3 Å². The van der Waals surface area contributed by atoms with Gasteiger partial charge in [0.1, 0.15) is 29.0 Å². The highest BCUT2D eigenvalue weighted by atomic mass is 32.3. The smallest absolute Gasteiger partial charge is 0.352 e. The van der Waals surface area contributed by atoms with Gasteiger partial charge in [0, 0.05) is 21.7 Å². The molecule has 0 N–H and O–H groups in total. The molecule has 1 atom stereocenters. The van der Waals surface area contributed by atoms with Gasteiger partial charge < -0.3 is 17.8 Å². The highest BCUT2D eigenvalue weighted by Gasteiger charge is 2.43. The summed E-state index contributed by atoms with van der Waals surface area (Å²) in [6.07, 6.45) is 11.6. The van der Waals surface area contributed by atoms with E-state index in [1.54, 1.807) is 12.1 Å². The van der Waals surface area contributed by atoms with E-state index in [2.05, 4.69) is 8.86 Å². The van der Waals surface area contributed by atoms with E-state index in [0.29, 0.717) is 22.5 Å². The fourth-order valence-electron chi connectivity index (χ4n) is 5.64. The first-order valence-corrected chi connectivity index (χ1v) is 18.0. The van der Waals surface area contributed by atoms with Crippen molar-refractivity contribution < 1.29 is 39.3 Å². The molecule has 1 aliphatic heterocycles. The Kier molecular flexibility index (Phi) is 9.28. The Morgan fingerprint density at radius 2 is 1.45 bits per heavy atom. The second-order valence-electron chi connectivity index (χ2n) is 10.7. The first-order chi connectivity index (χ1) is 19.1. The molecular weight excluding hydrogens is 584 g/mol. The number of halogens is 2. The summed E-state index contributed by atoms with van der Waals surface area (Å²) in [5.74, 6) is -0.153. The van der Waals surface area contributed by atoms with Gasteiger partial charge in [-0.3, -0.25) is 0 Å². The lowest BCUT2D eigenvalue weighted by atomic mass is 10.00. The average molecular weight is 620 g/mol. The third kappa shape index (κ3) is 7.09. The van der Waals surface area contributed by atoms with E-state index in [1.165, 1.54) is 70.3 Å². The van der Waals surface area contributed by atoms with Gasteiger partial charge in [-0.25, -0.2) is 16.8 Å². The second-order valence-corrected chi connectivity index (χ2v) is 16.4. The molecule has 2 aromatic rings. The van der Waals surface area contributed by atoms with Gasteiger partial charge in [-0.2, -0.15) is 8.78 Å². The lowest BCUT2D eigenvalue weighted by Crippen LogP contribution is -2.35. The standard InChI is InChI=1S/C27H35F2NO7S3/c28-27(29,19-35-17-20-18-36-20)39(31,32)30-40(33,34)37-25-15-16-26(24-14-8-7-13-23(24)25)38(21-9-3-1-4-10-21)22-11-5-2-6-12-22/h7-8,13-16,20-22H,1-6,9-12,17-19H2. The van der Waals surface area contributed by atoms with Gasteiger partial charge in [-0.05, 0) is 69.6 Å². The molecule has 8 nitrogen and oxygen atoms in total. The van der Waals surface area contributed by atoms with Gasteiger partial charge in [0.05, 0.1) is 13.2 Å². The average Bonchev–Trinajstić information content (AvgIpc) is 3.75. The fourth-order valence-corrected chi connectivity index (χ4v) is 11.4. The van der Waals surface area contributed by atoms with Crippen LogP contribution in [0.1, 0.15) is 64.2 Å². The number of benzene rings is 2. The van der Waals surface area contributed by atoms with Crippen molar-refractivity contribution in [3.63, 3.8) is 0 Å². The Morgan fingerprint density at radius 3 is 2.02 bits per heavy atom. The number of fused-ring (bicyclic) bond motifs is 1. The molecule has 1 unspecified atom stereocenters. The summed E-state index contributed by atoms with van der Waals surface area (Å²) in [5.41, 5.74) is 0. The minimum atomic E-state index is -5.80. The molecule has 0 aromatic heterocycles. The molecule has 40 heavy (non-hydrogen) atoms. The molecule has 5 rings (SSSR count). The minimum Gasteiger partial charge on any atom is -0.396 e. The lowest BCUT2D eigenvalue weighted by molar-refractivity contribution is -0.0180. The van der Waals surface area contributed by atoms with Gasteiger partial charge in [-0.15, -0.1) is 0 Å². The van der Waals surface area contributed by atoms with Crippen molar-refractivity contribution in [2.45, 2.75) is 91.0 Å². The number of sulfonamides is 1. The number of hydrogen-bond donors (Lipinski definition) is 0. The maximum absolute atomic E-state index is 14.3. The summed E-state index contributed by atoms with van der Waals surface area (Å²) < 4.78 is 95.5. The molecule has 0 radical (unpaired) electrons.